The first-order valence-electron chi connectivity index (χ1n) is 11.4. The molecule has 1 aliphatic heterocycles. The smallest absolute Gasteiger partial charge is 0.408 e. The van der Waals surface area contributed by atoms with Crippen LogP contribution in [0.25, 0.3) is 0 Å². The molecule has 16 heteroatoms. The van der Waals surface area contributed by atoms with Gasteiger partial charge in [0.2, 0.25) is 9.70 Å². The zero-order valence-electron chi connectivity index (χ0n) is 21.1. The predicted octanol–water partition coefficient (Wildman–Crippen LogP) is 2.67. The number of esters is 1. The normalized spacial score (nSPS) is 18.3. The zero-order valence-corrected chi connectivity index (χ0v) is 23.4. The van der Waals surface area contributed by atoms with Crippen molar-refractivity contribution < 1.29 is 42.2 Å². The van der Waals surface area contributed by atoms with Crippen LogP contribution >= 0.6 is 34.8 Å². The fraction of sp³-hybridized carbons (Fsp3) is 0.810. The van der Waals surface area contributed by atoms with E-state index in [9.17, 15) is 28.0 Å². The number of halogens is 5. The highest BCUT2D eigenvalue weighted by atomic mass is 35.6. The van der Waals surface area contributed by atoms with E-state index in [2.05, 4.69) is 20.8 Å². The summed E-state index contributed by atoms with van der Waals surface area (Å²) >= 11 is 16.7. The van der Waals surface area contributed by atoms with Gasteiger partial charge in [0, 0.05) is 6.54 Å². The van der Waals surface area contributed by atoms with E-state index in [0.717, 1.165) is 5.01 Å². The molecule has 37 heavy (non-hydrogen) atoms. The van der Waals surface area contributed by atoms with E-state index in [0.29, 0.717) is 6.42 Å². The molecule has 11 nitrogen and oxygen atoms in total. The average Bonchev–Trinajstić information content (AvgIpc) is 2.76. The van der Waals surface area contributed by atoms with Gasteiger partial charge >= 0.3 is 18.7 Å². The highest BCUT2D eigenvalue weighted by Gasteiger charge is 2.36. The standard InChI is InChI=1S/C21H33Cl3F2N4O7/c1-11(2)14(28-19(34)37-20(3,4)5)15(31)27-13(9-35-18(25)26)16(32)30-8-6-7-12(29-30)17(33)36-10-21(22,23)24/h11-14,18,29H,6-10H2,1-5H3,(H,27,31)(H,28,34)/t12-,13?,14-/m0/s1. The Morgan fingerprint density at radius 1 is 1.11 bits per heavy atom. The maximum Gasteiger partial charge on any atom is 0.408 e. The van der Waals surface area contributed by atoms with Gasteiger partial charge in [-0.15, -0.1) is 0 Å². The van der Waals surface area contributed by atoms with Gasteiger partial charge in [-0.2, -0.15) is 8.78 Å². The van der Waals surface area contributed by atoms with Gasteiger partial charge in [-0.05, 0) is 39.5 Å². The van der Waals surface area contributed by atoms with Gasteiger partial charge < -0.3 is 24.8 Å². The van der Waals surface area contributed by atoms with Crippen LogP contribution in [0.2, 0.25) is 0 Å². The minimum atomic E-state index is -3.22. The van der Waals surface area contributed by atoms with Crippen LogP contribution in [0, 0.1) is 5.92 Å². The summed E-state index contributed by atoms with van der Waals surface area (Å²) in [5, 5.41) is 5.75. The first kappa shape index (κ1) is 33.4. The molecular formula is C21H33Cl3F2N4O7. The topological polar surface area (TPSA) is 135 Å². The number of alkyl carbamates (subject to hydrolysis) is 1. The van der Waals surface area contributed by atoms with Crippen molar-refractivity contribution >= 4 is 58.7 Å². The molecule has 214 valence electrons. The number of nitrogens with one attached hydrogen (secondary N) is 3. The third-order valence-electron chi connectivity index (χ3n) is 4.74. The highest BCUT2D eigenvalue weighted by Crippen LogP contribution is 2.26. The number of hydrogen-bond acceptors (Lipinski definition) is 8. The first-order chi connectivity index (χ1) is 16.9. The van der Waals surface area contributed by atoms with Crippen LogP contribution in [0.4, 0.5) is 13.6 Å². The van der Waals surface area contributed by atoms with Crippen LogP contribution < -0.4 is 16.1 Å². The number of alkyl halides is 5. The van der Waals surface area contributed by atoms with E-state index in [-0.39, 0.29) is 13.0 Å². The highest BCUT2D eigenvalue weighted by molar-refractivity contribution is 6.67. The second kappa shape index (κ2) is 14.5. The molecule has 0 aliphatic carbocycles. The summed E-state index contributed by atoms with van der Waals surface area (Å²) in [6.45, 7) is 3.66. The molecule has 0 radical (unpaired) electrons. The second-order valence-corrected chi connectivity index (χ2v) is 12.1. The number of rotatable bonds is 10. The molecule has 1 aliphatic rings. The molecule has 1 unspecified atom stereocenters. The predicted molar refractivity (Wildman–Crippen MR) is 131 cm³/mol. The molecule has 1 rings (SSSR count). The molecule has 0 aromatic carbocycles. The molecule has 1 heterocycles. The molecular weight excluding hydrogens is 565 g/mol. The van der Waals surface area contributed by atoms with Crippen molar-refractivity contribution in [3.05, 3.63) is 0 Å². The van der Waals surface area contributed by atoms with E-state index < -0.39 is 77.1 Å². The van der Waals surface area contributed by atoms with Crippen LogP contribution in [-0.2, 0) is 28.6 Å². The van der Waals surface area contributed by atoms with Gasteiger partial charge in [-0.3, -0.25) is 19.4 Å². The summed E-state index contributed by atoms with van der Waals surface area (Å²) in [5.74, 6) is -2.93. The van der Waals surface area contributed by atoms with Gasteiger partial charge in [0.05, 0.1) is 6.61 Å². The zero-order chi connectivity index (χ0) is 28.6. The summed E-state index contributed by atoms with van der Waals surface area (Å²) in [5.41, 5.74) is 1.81. The SMILES string of the molecule is CC(C)[C@H](NC(=O)OC(C)(C)C)C(=O)NC(COC(F)F)C(=O)N1CCC[C@@H](C(=O)OCC(Cl)(Cl)Cl)N1. The van der Waals surface area contributed by atoms with Crippen molar-refractivity contribution in [1.29, 1.82) is 0 Å². The third kappa shape index (κ3) is 13.1. The lowest BCUT2D eigenvalue weighted by Gasteiger charge is -2.35. The van der Waals surface area contributed by atoms with Crippen molar-refractivity contribution in [1.82, 2.24) is 21.1 Å². The molecule has 0 aromatic rings. The summed E-state index contributed by atoms with van der Waals surface area (Å²) in [6, 6.07) is -3.73. The van der Waals surface area contributed by atoms with Crippen LogP contribution in [-0.4, -0.2) is 82.8 Å². The van der Waals surface area contributed by atoms with E-state index in [1.54, 1.807) is 34.6 Å². The Kier molecular flexibility index (Phi) is 13.0. The average molecular weight is 598 g/mol. The number of carbonyl (C=O) groups is 4. The summed E-state index contributed by atoms with van der Waals surface area (Å²) in [7, 11) is 0. The van der Waals surface area contributed by atoms with E-state index in [1.807, 2.05) is 0 Å². The lowest BCUT2D eigenvalue weighted by molar-refractivity contribution is -0.159. The molecule has 3 atom stereocenters. The molecule has 1 saturated heterocycles. The molecule has 1 fully saturated rings. The Balaban J connectivity index is 2.95. The van der Waals surface area contributed by atoms with Gasteiger partial charge in [-0.25, -0.2) is 10.2 Å². The maximum atomic E-state index is 13.1. The van der Waals surface area contributed by atoms with Gasteiger partial charge in [0.25, 0.3) is 5.91 Å². The van der Waals surface area contributed by atoms with Crippen LogP contribution in [0.3, 0.4) is 0 Å². The Morgan fingerprint density at radius 2 is 1.73 bits per heavy atom. The first-order valence-corrected chi connectivity index (χ1v) is 12.5. The Morgan fingerprint density at radius 3 is 2.24 bits per heavy atom. The van der Waals surface area contributed by atoms with Gasteiger partial charge in [0.1, 0.15) is 30.3 Å². The lowest BCUT2D eigenvalue weighted by Crippen LogP contribution is -2.62. The number of amides is 3. The summed E-state index contributed by atoms with van der Waals surface area (Å²) in [6.07, 6.45) is -0.248. The van der Waals surface area contributed by atoms with Crippen molar-refractivity contribution in [2.24, 2.45) is 5.92 Å². The molecule has 0 bridgehead atoms. The largest absolute Gasteiger partial charge is 0.460 e. The molecule has 3 N–H and O–H groups in total. The number of hydrogen-bond donors (Lipinski definition) is 3. The fourth-order valence-corrected chi connectivity index (χ4v) is 3.30. The van der Waals surface area contributed by atoms with E-state index in [4.69, 9.17) is 44.3 Å². The molecule has 0 spiro atoms. The van der Waals surface area contributed by atoms with Crippen LogP contribution in [0.5, 0.6) is 0 Å². The van der Waals surface area contributed by atoms with Crippen molar-refractivity contribution in [3.63, 3.8) is 0 Å². The lowest BCUT2D eigenvalue weighted by atomic mass is 10.0. The van der Waals surface area contributed by atoms with Crippen molar-refractivity contribution in [2.75, 3.05) is 19.8 Å². The number of hydrazine groups is 1. The van der Waals surface area contributed by atoms with Crippen molar-refractivity contribution in [2.45, 2.75) is 81.6 Å². The Labute approximate surface area is 229 Å². The Hall–Kier alpha value is -1.67. The molecule has 0 aromatic heterocycles. The fourth-order valence-electron chi connectivity index (χ4n) is 3.13. The van der Waals surface area contributed by atoms with Crippen molar-refractivity contribution in [3.8, 4) is 0 Å². The summed E-state index contributed by atoms with van der Waals surface area (Å²) in [4.78, 5) is 50.6. The number of nitrogens with zero attached hydrogens (tertiary/aromatic N) is 1. The van der Waals surface area contributed by atoms with Crippen LogP contribution in [0.1, 0.15) is 47.5 Å². The van der Waals surface area contributed by atoms with Crippen LogP contribution in [0.15, 0.2) is 0 Å². The van der Waals surface area contributed by atoms with E-state index >= 15 is 0 Å². The van der Waals surface area contributed by atoms with E-state index in [1.165, 1.54) is 0 Å². The Bertz CT molecular complexity index is 810. The molecule has 3 amide bonds. The maximum absolute atomic E-state index is 13.1. The number of carbonyl (C=O) groups excluding carboxylic acids is 4. The minimum Gasteiger partial charge on any atom is -0.460 e. The molecule has 0 saturated carbocycles. The second-order valence-electron chi connectivity index (χ2n) is 9.56. The van der Waals surface area contributed by atoms with Gasteiger partial charge in [0.15, 0.2) is 0 Å². The van der Waals surface area contributed by atoms with Gasteiger partial charge in [-0.1, -0.05) is 48.7 Å². The quantitative estimate of drug-likeness (QED) is 0.258. The monoisotopic (exact) mass is 596 g/mol. The minimum absolute atomic E-state index is 0.0951. The third-order valence-corrected chi connectivity index (χ3v) is 5.07. The summed E-state index contributed by atoms with van der Waals surface area (Å²) < 4.78 is 38.1. The number of ether oxygens (including phenoxy) is 3.